The fraction of sp³-hybridized carbons (Fsp3) is 0.304. The highest BCUT2D eigenvalue weighted by molar-refractivity contribution is 7.99. The summed E-state index contributed by atoms with van der Waals surface area (Å²) in [4.78, 5) is 13.9. The number of carbonyl (C=O) groups excluding carboxylic acids is 1. The fourth-order valence-corrected chi connectivity index (χ4v) is 5.27. The molecule has 5 rings (SSSR count). The van der Waals surface area contributed by atoms with E-state index >= 15 is 0 Å². The molecule has 1 saturated heterocycles. The Labute approximate surface area is 200 Å². The van der Waals surface area contributed by atoms with Gasteiger partial charge in [-0.1, -0.05) is 36.0 Å². The van der Waals surface area contributed by atoms with Gasteiger partial charge in [-0.05, 0) is 43.3 Å². The zero-order chi connectivity index (χ0) is 22.6. The number of thioether (sulfide) groups is 1. The molecule has 1 N–H and O–H groups in total. The number of ether oxygens (including phenoxy) is 1. The van der Waals surface area contributed by atoms with Gasteiger partial charge < -0.3 is 10.1 Å². The minimum atomic E-state index is -0.124. The largest absolute Gasteiger partial charge is 0.376 e. The molecule has 0 saturated carbocycles. The second-order valence-corrected chi connectivity index (χ2v) is 9.67. The highest BCUT2D eigenvalue weighted by Gasteiger charge is 2.23. The number of thiophene rings is 1. The summed E-state index contributed by atoms with van der Waals surface area (Å²) < 4.78 is 9.67. The number of benzene rings is 1. The van der Waals surface area contributed by atoms with Crippen LogP contribution in [0.15, 0.2) is 59.1 Å². The smallest absolute Gasteiger partial charge is 0.236 e. The first-order valence-corrected chi connectivity index (χ1v) is 12.7. The van der Waals surface area contributed by atoms with Crippen molar-refractivity contribution in [1.29, 1.82) is 0 Å². The third kappa shape index (κ3) is 5.02. The van der Waals surface area contributed by atoms with Crippen LogP contribution in [0, 0.1) is 6.92 Å². The maximum Gasteiger partial charge on any atom is 0.236 e. The van der Waals surface area contributed by atoms with E-state index < -0.39 is 0 Å². The molecule has 33 heavy (non-hydrogen) atoms. The summed E-state index contributed by atoms with van der Waals surface area (Å²) in [6, 6.07) is 15.7. The predicted octanol–water partition coefficient (Wildman–Crippen LogP) is 4.41. The molecule has 1 fully saturated rings. The van der Waals surface area contributed by atoms with Crippen LogP contribution in [0.4, 0.5) is 5.82 Å². The number of hydrogen-bond acceptors (Lipinski definition) is 7. The van der Waals surface area contributed by atoms with E-state index in [1.165, 1.54) is 11.8 Å². The first kappa shape index (κ1) is 21.9. The van der Waals surface area contributed by atoms with E-state index in [4.69, 9.17) is 4.74 Å². The molecule has 0 spiro atoms. The van der Waals surface area contributed by atoms with Crippen molar-refractivity contribution in [2.24, 2.45) is 0 Å². The summed E-state index contributed by atoms with van der Waals surface area (Å²) in [5.41, 5.74) is 1.73. The number of para-hydroxylation sites is 1. The van der Waals surface area contributed by atoms with Crippen LogP contribution < -0.4 is 5.32 Å². The Kier molecular flexibility index (Phi) is 6.56. The van der Waals surface area contributed by atoms with Crippen molar-refractivity contribution in [3.05, 3.63) is 59.6 Å². The van der Waals surface area contributed by atoms with Gasteiger partial charge in [0.25, 0.3) is 0 Å². The molecule has 0 radical (unpaired) electrons. The number of hydrogen-bond donors (Lipinski definition) is 1. The molecular weight excluding hydrogens is 456 g/mol. The molecule has 1 unspecified atom stereocenters. The molecule has 1 aliphatic rings. The molecule has 10 heteroatoms. The monoisotopic (exact) mass is 480 g/mol. The predicted molar refractivity (Wildman–Crippen MR) is 130 cm³/mol. The molecule has 0 aliphatic carbocycles. The molecule has 1 aliphatic heterocycles. The first-order chi connectivity index (χ1) is 16.2. The summed E-state index contributed by atoms with van der Waals surface area (Å²) in [6.07, 6.45) is 2.24. The van der Waals surface area contributed by atoms with E-state index in [0.29, 0.717) is 12.4 Å². The van der Waals surface area contributed by atoms with Gasteiger partial charge in [0.1, 0.15) is 5.82 Å². The lowest BCUT2D eigenvalue weighted by Gasteiger charge is -2.14. The van der Waals surface area contributed by atoms with Crippen LogP contribution in [0.25, 0.3) is 16.4 Å². The lowest BCUT2D eigenvalue weighted by atomic mass is 10.2. The standard InChI is InChI=1S/C23H24N6O2S2/c1-16-13-20(29(27-16)17-7-3-2-4-8-17)24-21(30)15-33-23-26-25-22(19-10-6-12-32-19)28(23)14-18-9-5-11-31-18/h2-4,6-8,10,12-13,18H,5,9,11,14-15H2,1H3,(H,24,30). The molecule has 4 aromatic rings. The van der Waals surface area contributed by atoms with E-state index in [-0.39, 0.29) is 17.8 Å². The van der Waals surface area contributed by atoms with E-state index in [1.54, 1.807) is 16.0 Å². The second-order valence-electron chi connectivity index (χ2n) is 7.78. The lowest BCUT2D eigenvalue weighted by molar-refractivity contribution is -0.113. The highest BCUT2D eigenvalue weighted by Crippen LogP contribution is 2.29. The Morgan fingerprint density at radius 3 is 2.88 bits per heavy atom. The van der Waals surface area contributed by atoms with Gasteiger partial charge in [-0.3, -0.25) is 9.36 Å². The molecule has 1 atom stereocenters. The molecule has 170 valence electrons. The zero-order valence-electron chi connectivity index (χ0n) is 18.2. The Morgan fingerprint density at radius 2 is 2.12 bits per heavy atom. The van der Waals surface area contributed by atoms with Crippen LogP contribution in [0.1, 0.15) is 18.5 Å². The van der Waals surface area contributed by atoms with Gasteiger partial charge in [-0.25, -0.2) is 4.68 Å². The topological polar surface area (TPSA) is 86.9 Å². The van der Waals surface area contributed by atoms with Crippen molar-refractivity contribution < 1.29 is 9.53 Å². The Balaban J connectivity index is 1.30. The lowest BCUT2D eigenvalue weighted by Crippen LogP contribution is -2.19. The van der Waals surface area contributed by atoms with Crippen molar-refractivity contribution in [3.8, 4) is 16.4 Å². The first-order valence-electron chi connectivity index (χ1n) is 10.8. The van der Waals surface area contributed by atoms with Crippen LogP contribution in [-0.2, 0) is 16.1 Å². The van der Waals surface area contributed by atoms with Crippen LogP contribution in [0.3, 0.4) is 0 Å². The molecule has 4 heterocycles. The molecule has 0 bridgehead atoms. The molecular formula is C23H24N6O2S2. The number of anilines is 1. The number of carbonyl (C=O) groups is 1. The maximum atomic E-state index is 12.8. The summed E-state index contributed by atoms with van der Waals surface area (Å²) >= 11 is 3.01. The van der Waals surface area contributed by atoms with Gasteiger partial charge in [0.05, 0.1) is 34.7 Å². The Morgan fingerprint density at radius 1 is 1.24 bits per heavy atom. The third-order valence-corrected chi connectivity index (χ3v) is 7.13. The fourth-order valence-electron chi connectivity index (χ4n) is 3.80. The van der Waals surface area contributed by atoms with E-state index in [0.717, 1.165) is 46.7 Å². The highest BCUT2D eigenvalue weighted by atomic mass is 32.2. The third-order valence-electron chi connectivity index (χ3n) is 5.30. The minimum Gasteiger partial charge on any atom is -0.376 e. The number of aromatic nitrogens is 5. The summed E-state index contributed by atoms with van der Waals surface area (Å²) in [5.74, 6) is 1.56. The van der Waals surface area contributed by atoms with Crippen LogP contribution >= 0.6 is 23.1 Å². The van der Waals surface area contributed by atoms with Crippen molar-refractivity contribution in [2.45, 2.75) is 37.6 Å². The summed E-state index contributed by atoms with van der Waals surface area (Å²) in [5, 5.41) is 19.1. The van der Waals surface area contributed by atoms with Crippen molar-refractivity contribution in [2.75, 3.05) is 17.7 Å². The quantitative estimate of drug-likeness (QED) is 0.376. The number of nitrogens with zero attached hydrogens (tertiary/aromatic N) is 5. The van der Waals surface area contributed by atoms with Gasteiger partial charge >= 0.3 is 0 Å². The van der Waals surface area contributed by atoms with Gasteiger partial charge in [0.2, 0.25) is 5.91 Å². The second kappa shape index (κ2) is 9.90. The Bertz CT molecular complexity index is 1210. The maximum absolute atomic E-state index is 12.8. The Hall–Kier alpha value is -2.95. The van der Waals surface area contributed by atoms with Gasteiger partial charge in [-0.15, -0.1) is 21.5 Å². The summed E-state index contributed by atoms with van der Waals surface area (Å²) in [7, 11) is 0. The van der Waals surface area contributed by atoms with Gasteiger partial charge in [0.15, 0.2) is 11.0 Å². The number of aryl methyl sites for hydroxylation is 1. The normalized spacial score (nSPS) is 15.7. The van der Waals surface area contributed by atoms with Crippen molar-refractivity contribution >= 4 is 34.8 Å². The SMILES string of the molecule is Cc1cc(NC(=O)CSc2nnc(-c3cccs3)n2CC2CCCO2)n(-c2ccccc2)n1. The molecule has 8 nitrogen and oxygen atoms in total. The number of nitrogens with one attached hydrogen (secondary N) is 1. The summed E-state index contributed by atoms with van der Waals surface area (Å²) in [6.45, 7) is 3.38. The van der Waals surface area contributed by atoms with Crippen LogP contribution in [0.2, 0.25) is 0 Å². The van der Waals surface area contributed by atoms with E-state index in [9.17, 15) is 4.79 Å². The minimum absolute atomic E-state index is 0.124. The van der Waals surface area contributed by atoms with Gasteiger partial charge in [0, 0.05) is 12.7 Å². The van der Waals surface area contributed by atoms with Gasteiger partial charge in [-0.2, -0.15) is 5.10 Å². The zero-order valence-corrected chi connectivity index (χ0v) is 19.8. The van der Waals surface area contributed by atoms with Crippen LogP contribution in [0.5, 0.6) is 0 Å². The molecule has 1 amide bonds. The van der Waals surface area contributed by atoms with E-state index in [2.05, 4.69) is 25.2 Å². The van der Waals surface area contributed by atoms with E-state index in [1.807, 2.05) is 60.8 Å². The van der Waals surface area contributed by atoms with Crippen LogP contribution in [-0.4, -0.2) is 48.9 Å². The number of amides is 1. The molecule has 3 aromatic heterocycles. The molecule has 1 aromatic carbocycles. The van der Waals surface area contributed by atoms with Crippen molar-refractivity contribution in [1.82, 2.24) is 24.5 Å². The average Bonchev–Trinajstić information content (AvgIpc) is 3.62. The average molecular weight is 481 g/mol. The van der Waals surface area contributed by atoms with Crippen molar-refractivity contribution in [3.63, 3.8) is 0 Å². The number of rotatable bonds is 8.